The molecular formula is C12H15N2O. The Labute approximate surface area is 90.1 Å². The van der Waals surface area contributed by atoms with E-state index in [4.69, 9.17) is 0 Å². The van der Waals surface area contributed by atoms with Crippen LogP contribution in [0.1, 0.15) is 15.9 Å². The minimum atomic E-state index is 0.0974. The van der Waals surface area contributed by atoms with Gasteiger partial charge in [-0.15, -0.1) is 0 Å². The van der Waals surface area contributed by atoms with Gasteiger partial charge in [0.2, 0.25) is 0 Å². The van der Waals surface area contributed by atoms with Crippen LogP contribution in [0.2, 0.25) is 0 Å². The molecule has 1 fully saturated rings. The van der Waals surface area contributed by atoms with Gasteiger partial charge in [0.25, 0.3) is 5.91 Å². The van der Waals surface area contributed by atoms with Crippen LogP contribution in [0.15, 0.2) is 18.2 Å². The Morgan fingerprint density at radius 1 is 1.47 bits per heavy atom. The number of nitrogens with one attached hydrogen (secondary N) is 1. The molecule has 0 atom stereocenters. The van der Waals surface area contributed by atoms with Crippen molar-refractivity contribution in [3.05, 3.63) is 35.4 Å². The molecule has 1 saturated heterocycles. The predicted octanol–water partition coefficient (Wildman–Crippen LogP) is 0.841. The zero-order valence-electron chi connectivity index (χ0n) is 8.92. The second-order valence-electron chi connectivity index (χ2n) is 3.82. The molecule has 15 heavy (non-hydrogen) atoms. The minimum Gasteiger partial charge on any atom is -0.336 e. The highest BCUT2D eigenvalue weighted by atomic mass is 16.2. The number of carbonyl (C=O) groups is 1. The maximum Gasteiger partial charge on any atom is 0.254 e. The first-order chi connectivity index (χ1) is 7.27. The molecule has 3 heteroatoms. The van der Waals surface area contributed by atoms with Crippen molar-refractivity contribution in [3.63, 3.8) is 0 Å². The molecular weight excluding hydrogens is 188 g/mol. The molecule has 0 saturated carbocycles. The van der Waals surface area contributed by atoms with E-state index < -0.39 is 0 Å². The van der Waals surface area contributed by atoms with E-state index in [0.29, 0.717) is 5.56 Å². The van der Waals surface area contributed by atoms with Gasteiger partial charge in [0, 0.05) is 31.7 Å². The Hall–Kier alpha value is -1.35. The number of carbonyl (C=O) groups excluding carboxylic acids is 1. The molecule has 0 aliphatic carbocycles. The van der Waals surface area contributed by atoms with Crippen molar-refractivity contribution < 1.29 is 4.79 Å². The first-order valence-electron chi connectivity index (χ1n) is 5.26. The summed E-state index contributed by atoms with van der Waals surface area (Å²) in [7, 11) is 0. The second kappa shape index (κ2) is 4.45. The van der Waals surface area contributed by atoms with E-state index >= 15 is 0 Å². The minimum absolute atomic E-state index is 0.0974. The second-order valence-corrected chi connectivity index (χ2v) is 3.82. The lowest BCUT2D eigenvalue weighted by molar-refractivity contribution is 0.0735. The van der Waals surface area contributed by atoms with Gasteiger partial charge in [0.05, 0.1) is 0 Å². The highest BCUT2D eigenvalue weighted by molar-refractivity contribution is 5.94. The van der Waals surface area contributed by atoms with E-state index in [1.807, 2.05) is 30.0 Å². The number of piperazine rings is 1. The van der Waals surface area contributed by atoms with Gasteiger partial charge in [-0.1, -0.05) is 17.7 Å². The van der Waals surface area contributed by atoms with Gasteiger partial charge in [0.15, 0.2) is 0 Å². The molecule has 2 rings (SSSR count). The first-order valence-corrected chi connectivity index (χ1v) is 5.26. The van der Waals surface area contributed by atoms with Gasteiger partial charge < -0.3 is 10.2 Å². The number of benzene rings is 1. The zero-order chi connectivity index (χ0) is 10.7. The molecule has 1 amide bonds. The van der Waals surface area contributed by atoms with Gasteiger partial charge in [-0.25, -0.2) is 0 Å². The summed E-state index contributed by atoms with van der Waals surface area (Å²) in [5.74, 6) is 0.0974. The van der Waals surface area contributed by atoms with Crippen molar-refractivity contribution in [1.82, 2.24) is 10.2 Å². The summed E-state index contributed by atoms with van der Waals surface area (Å²) < 4.78 is 0. The Bertz CT molecular complexity index is 356. The summed E-state index contributed by atoms with van der Waals surface area (Å²) in [6.07, 6.45) is 0. The van der Waals surface area contributed by atoms with Gasteiger partial charge in [-0.05, 0) is 19.1 Å². The lowest BCUT2D eigenvalue weighted by Crippen LogP contribution is -2.46. The van der Waals surface area contributed by atoms with Crippen LogP contribution >= 0.6 is 0 Å². The van der Waals surface area contributed by atoms with Gasteiger partial charge in [-0.3, -0.25) is 4.79 Å². The molecule has 1 aliphatic rings. The third-order valence-electron chi connectivity index (χ3n) is 2.59. The summed E-state index contributed by atoms with van der Waals surface area (Å²) in [4.78, 5) is 13.9. The number of hydrogen-bond acceptors (Lipinski definition) is 2. The largest absolute Gasteiger partial charge is 0.336 e. The van der Waals surface area contributed by atoms with Crippen molar-refractivity contribution in [2.75, 3.05) is 26.2 Å². The molecule has 1 aromatic carbocycles. The number of hydrogen-bond donors (Lipinski definition) is 1. The molecule has 0 bridgehead atoms. The summed E-state index contributed by atoms with van der Waals surface area (Å²) in [6.45, 7) is 5.35. The monoisotopic (exact) mass is 203 g/mol. The fourth-order valence-corrected chi connectivity index (χ4v) is 1.74. The van der Waals surface area contributed by atoms with Crippen molar-refractivity contribution in [3.8, 4) is 0 Å². The Morgan fingerprint density at radius 2 is 2.20 bits per heavy atom. The average Bonchev–Trinajstić information content (AvgIpc) is 2.29. The normalized spacial score (nSPS) is 16.5. The molecule has 1 heterocycles. The number of nitrogens with zero attached hydrogens (tertiary/aromatic N) is 1. The van der Waals surface area contributed by atoms with Crippen LogP contribution in [0.5, 0.6) is 0 Å². The van der Waals surface area contributed by atoms with Crippen molar-refractivity contribution >= 4 is 5.91 Å². The van der Waals surface area contributed by atoms with E-state index in [-0.39, 0.29) is 5.91 Å². The number of amides is 1. The van der Waals surface area contributed by atoms with Crippen LogP contribution in [0.3, 0.4) is 0 Å². The maximum atomic E-state index is 12.0. The standard InChI is InChI=1S/C12H15N2O/c1-10-3-2-4-11(9-10)12(15)14-7-5-13-6-8-14/h2-3,9,13H,5-8H2,1H3. The Balaban J connectivity index is 2.12. The predicted molar refractivity (Wildman–Crippen MR) is 58.8 cm³/mol. The first kappa shape index (κ1) is 10.2. The summed E-state index contributed by atoms with van der Waals surface area (Å²) in [5.41, 5.74) is 1.78. The van der Waals surface area contributed by atoms with Crippen LogP contribution in [-0.4, -0.2) is 37.0 Å². The van der Waals surface area contributed by atoms with E-state index in [2.05, 4.69) is 11.4 Å². The highest BCUT2D eigenvalue weighted by Crippen LogP contribution is 2.07. The molecule has 1 radical (unpaired) electrons. The Kier molecular flexibility index (Phi) is 3.02. The summed E-state index contributed by atoms with van der Waals surface area (Å²) in [5, 5.41) is 3.23. The van der Waals surface area contributed by atoms with Crippen molar-refractivity contribution in [1.29, 1.82) is 0 Å². The van der Waals surface area contributed by atoms with Gasteiger partial charge in [0.1, 0.15) is 0 Å². The highest BCUT2D eigenvalue weighted by Gasteiger charge is 2.17. The van der Waals surface area contributed by atoms with Gasteiger partial charge in [-0.2, -0.15) is 0 Å². The molecule has 1 N–H and O–H groups in total. The topological polar surface area (TPSA) is 32.3 Å². The van der Waals surface area contributed by atoms with Crippen LogP contribution in [-0.2, 0) is 0 Å². The fourth-order valence-electron chi connectivity index (χ4n) is 1.74. The molecule has 79 valence electrons. The third-order valence-corrected chi connectivity index (χ3v) is 2.59. The Morgan fingerprint density at radius 3 is 2.87 bits per heavy atom. The fraction of sp³-hybridized carbons (Fsp3) is 0.417. The maximum absolute atomic E-state index is 12.0. The van der Waals surface area contributed by atoms with E-state index in [1.165, 1.54) is 0 Å². The zero-order valence-corrected chi connectivity index (χ0v) is 8.92. The van der Waals surface area contributed by atoms with Crippen LogP contribution in [0, 0.1) is 13.0 Å². The number of rotatable bonds is 1. The molecule has 1 aromatic rings. The molecule has 0 aromatic heterocycles. The molecule has 3 nitrogen and oxygen atoms in total. The SMILES string of the molecule is Cc1cc[c]c(C(=O)N2CCNCC2)c1. The summed E-state index contributed by atoms with van der Waals surface area (Å²) in [6, 6.07) is 8.65. The number of aryl methyl sites for hydroxylation is 1. The van der Waals surface area contributed by atoms with Crippen LogP contribution in [0.25, 0.3) is 0 Å². The van der Waals surface area contributed by atoms with Crippen molar-refractivity contribution in [2.45, 2.75) is 6.92 Å². The average molecular weight is 203 g/mol. The van der Waals surface area contributed by atoms with Crippen LogP contribution < -0.4 is 5.32 Å². The molecule has 1 aliphatic heterocycles. The quantitative estimate of drug-likeness (QED) is 0.733. The molecule has 0 unspecified atom stereocenters. The van der Waals surface area contributed by atoms with E-state index in [9.17, 15) is 4.79 Å². The summed E-state index contributed by atoms with van der Waals surface area (Å²) >= 11 is 0. The van der Waals surface area contributed by atoms with Gasteiger partial charge >= 0.3 is 0 Å². The van der Waals surface area contributed by atoms with Crippen LogP contribution in [0.4, 0.5) is 0 Å². The lowest BCUT2D eigenvalue weighted by atomic mass is 10.1. The lowest BCUT2D eigenvalue weighted by Gasteiger charge is -2.27. The molecule has 0 spiro atoms. The third kappa shape index (κ3) is 2.36. The van der Waals surface area contributed by atoms with E-state index in [0.717, 1.165) is 31.7 Å². The van der Waals surface area contributed by atoms with E-state index in [1.54, 1.807) is 0 Å². The van der Waals surface area contributed by atoms with Crippen molar-refractivity contribution in [2.24, 2.45) is 0 Å². The smallest absolute Gasteiger partial charge is 0.254 e.